The van der Waals surface area contributed by atoms with Crippen molar-refractivity contribution in [2.75, 3.05) is 6.61 Å². The molecule has 0 bridgehead atoms. The minimum absolute atomic E-state index is 0.0361. The average Bonchev–Trinajstić information content (AvgIpc) is 2.84. The molecule has 0 N–H and O–H groups in total. The first-order valence-electron chi connectivity index (χ1n) is 12.0. The first kappa shape index (κ1) is 24.0. The van der Waals surface area contributed by atoms with Gasteiger partial charge in [-0.25, -0.2) is 4.39 Å². The largest absolute Gasteiger partial charge is 0.490 e. The lowest BCUT2D eigenvalue weighted by Crippen LogP contribution is -2.30. The van der Waals surface area contributed by atoms with E-state index >= 15 is 0 Å². The molecule has 7 heteroatoms. The van der Waals surface area contributed by atoms with E-state index in [-0.39, 0.29) is 24.0 Å². The van der Waals surface area contributed by atoms with Crippen molar-refractivity contribution in [3.63, 3.8) is 0 Å². The van der Waals surface area contributed by atoms with E-state index in [1.165, 1.54) is 6.07 Å². The van der Waals surface area contributed by atoms with Crippen LogP contribution in [-0.4, -0.2) is 18.2 Å². The third-order valence-electron chi connectivity index (χ3n) is 6.64. The molecule has 0 radical (unpaired) electrons. The molecule has 0 saturated carbocycles. The highest BCUT2D eigenvalue weighted by Crippen LogP contribution is 2.49. The first-order valence-corrected chi connectivity index (χ1v) is 13.1. The number of rotatable bonds is 6. The minimum Gasteiger partial charge on any atom is -0.490 e. The maximum absolute atomic E-state index is 14.1. The topological polar surface area (TPSA) is 61.8 Å². The Morgan fingerprint density at radius 2 is 1.63 bits per heavy atom. The number of ketones is 2. The van der Waals surface area contributed by atoms with Gasteiger partial charge >= 0.3 is 0 Å². The van der Waals surface area contributed by atoms with Crippen molar-refractivity contribution in [1.82, 2.24) is 0 Å². The van der Waals surface area contributed by atoms with Crippen LogP contribution >= 0.6 is 22.6 Å². The van der Waals surface area contributed by atoms with Gasteiger partial charge in [0, 0.05) is 48.3 Å². The van der Waals surface area contributed by atoms with Gasteiger partial charge < -0.3 is 14.2 Å². The van der Waals surface area contributed by atoms with Crippen LogP contribution in [0.1, 0.15) is 62.5 Å². The van der Waals surface area contributed by atoms with Crippen LogP contribution in [0.15, 0.2) is 59.1 Å². The number of benzene rings is 2. The Morgan fingerprint density at radius 3 is 2.26 bits per heavy atom. The predicted octanol–water partition coefficient (Wildman–Crippen LogP) is 6.54. The zero-order chi connectivity index (χ0) is 24.5. The summed E-state index contributed by atoms with van der Waals surface area (Å²) in [4.78, 5) is 26.2. The standard InChI is InChI=1S/C28H26FIO5/c1-2-33-24-14-17(13-19(30)28(24)34-15-16-7-3-4-8-18(16)29)25-26-20(31)9-5-11-22(26)35-23-12-6-10-21(32)27(23)25/h3-4,7-8,13-14,25H,2,5-6,9-12,15H2,1H3. The van der Waals surface area contributed by atoms with Gasteiger partial charge in [-0.2, -0.15) is 0 Å². The molecule has 35 heavy (non-hydrogen) atoms. The highest BCUT2D eigenvalue weighted by molar-refractivity contribution is 14.1. The summed E-state index contributed by atoms with van der Waals surface area (Å²) in [6, 6.07) is 10.3. The smallest absolute Gasteiger partial charge is 0.174 e. The van der Waals surface area contributed by atoms with Crippen molar-refractivity contribution >= 4 is 34.2 Å². The molecule has 0 spiro atoms. The highest BCUT2D eigenvalue weighted by atomic mass is 127. The van der Waals surface area contributed by atoms with Crippen LogP contribution in [0, 0.1) is 9.39 Å². The molecule has 1 heterocycles. The number of carbonyl (C=O) groups is 2. The average molecular weight is 588 g/mol. The molecule has 0 unspecified atom stereocenters. The van der Waals surface area contributed by atoms with Gasteiger partial charge in [-0.05, 0) is 66.1 Å². The third-order valence-corrected chi connectivity index (χ3v) is 7.44. The summed E-state index contributed by atoms with van der Waals surface area (Å²) in [5, 5.41) is 0. The molecule has 2 aromatic carbocycles. The van der Waals surface area contributed by atoms with Gasteiger partial charge in [-0.1, -0.05) is 18.2 Å². The van der Waals surface area contributed by atoms with Crippen molar-refractivity contribution in [2.24, 2.45) is 0 Å². The summed E-state index contributed by atoms with van der Waals surface area (Å²) in [5.41, 5.74) is 2.46. The second-order valence-electron chi connectivity index (χ2n) is 8.91. The summed E-state index contributed by atoms with van der Waals surface area (Å²) in [5.74, 6) is 1.70. The molecule has 0 aromatic heterocycles. The van der Waals surface area contributed by atoms with Gasteiger partial charge in [-0.3, -0.25) is 9.59 Å². The molecule has 182 valence electrons. The van der Waals surface area contributed by atoms with E-state index in [1.54, 1.807) is 18.2 Å². The second-order valence-corrected chi connectivity index (χ2v) is 10.1. The Bertz CT molecular complexity index is 1220. The van der Waals surface area contributed by atoms with E-state index < -0.39 is 5.92 Å². The highest BCUT2D eigenvalue weighted by Gasteiger charge is 2.42. The molecule has 1 aliphatic heterocycles. The fourth-order valence-electron chi connectivity index (χ4n) is 5.07. The Balaban J connectivity index is 1.58. The van der Waals surface area contributed by atoms with E-state index in [1.807, 2.05) is 19.1 Å². The monoisotopic (exact) mass is 588 g/mol. The summed E-state index contributed by atoms with van der Waals surface area (Å²) in [6.45, 7) is 2.34. The normalized spacial score (nSPS) is 18.3. The summed E-state index contributed by atoms with van der Waals surface area (Å²) >= 11 is 2.17. The van der Waals surface area contributed by atoms with Crippen molar-refractivity contribution in [3.05, 3.63) is 79.6 Å². The fraction of sp³-hybridized carbons (Fsp3) is 0.357. The Hall–Kier alpha value is -2.68. The van der Waals surface area contributed by atoms with Crippen LogP contribution in [0.5, 0.6) is 11.5 Å². The molecule has 0 amide bonds. The number of carbonyl (C=O) groups excluding carboxylic acids is 2. The van der Waals surface area contributed by atoms with E-state index in [4.69, 9.17) is 14.2 Å². The van der Waals surface area contributed by atoms with E-state index in [0.29, 0.717) is 72.0 Å². The van der Waals surface area contributed by atoms with Crippen molar-refractivity contribution in [3.8, 4) is 11.5 Å². The lowest BCUT2D eigenvalue weighted by Gasteiger charge is -2.36. The quantitative estimate of drug-likeness (QED) is 0.359. The van der Waals surface area contributed by atoms with Crippen LogP contribution in [0.25, 0.3) is 0 Å². The summed E-state index contributed by atoms with van der Waals surface area (Å²) in [6.07, 6.45) is 3.81. The van der Waals surface area contributed by atoms with Crippen LogP contribution < -0.4 is 9.47 Å². The SMILES string of the molecule is CCOc1cc(C2C3=C(CCCC3=O)OC3=C2C(=O)CCC3)cc(I)c1OCc1ccccc1F. The zero-order valence-electron chi connectivity index (χ0n) is 19.5. The van der Waals surface area contributed by atoms with Gasteiger partial charge in [0.1, 0.15) is 23.9 Å². The van der Waals surface area contributed by atoms with Crippen LogP contribution in [-0.2, 0) is 20.9 Å². The Morgan fingerprint density at radius 1 is 0.971 bits per heavy atom. The number of hydrogen-bond acceptors (Lipinski definition) is 5. The van der Waals surface area contributed by atoms with Gasteiger partial charge in [0.25, 0.3) is 0 Å². The summed E-state index contributed by atoms with van der Waals surface area (Å²) < 4.78 is 33.0. The van der Waals surface area contributed by atoms with Crippen molar-refractivity contribution < 1.29 is 28.2 Å². The van der Waals surface area contributed by atoms with Crippen LogP contribution in [0.2, 0.25) is 0 Å². The Kier molecular flexibility index (Phi) is 6.95. The van der Waals surface area contributed by atoms with Gasteiger partial charge in [0.05, 0.1) is 10.2 Å². The number of allylic oxidation sites excluding steroid dienone is 4. The lowest BCUT2D eigenvalue weighted by molar-refractivity contribution is -0.117. The van der Waals surface area contributed by atoms with Crippen molar-refractivity contribution in [2.45, 2.75) is 58.0 Å². The molecule has 5 nitrogen and oxygen atoms in total. The molecule has 3 aliphatic rings. The summed E-state index contributed by atoms with van der Waals surface area (Å²) in [7, 11) is 0. The first-order chi connectivity index (χ1) is 17.0. The number of halogens is 2. The minimum atomic E-state index is -0.470. The van der Waals surface area contributed by atoms with Gasteiger partial charge in [0.2, 0.25) is 0 Å². The molecular weight excluding hydrogens is 562 g/mol. The maximum atomic E-state index is 14.1. The number of Topliss-reactive ketones (excluding diaryl/α,β-unsaturated/α-hetero) is 2. The molecule has 2 aromatic rings. The van der Waals surface area contributed by atoms with Crippen LogP contribution in [0.4, 0.5) is 4.39 Å². The molecule has 0 atom stereocenters. The molecular formula is C28H26FIO5. The zero-order valence-corrected chi connectivity index (χ0v) is 21.7. The Labute approximate surface area is 217 Å². The molecule has 0 fully saturated rings. The van der Waals surface area contributed by atoms with E-state index in [0.717, 1.165) is 22.0 Å². The van der Waals surface area contributed by atoms with Gasteiger partial charge in [0.15, 0.2) is 23.1 Å². The molecule has 5 rings (SSSR count). The number of ether oxygens (including phenoxy) is 3. The van der Waals surface area contributed by atoms with Crippen molar-refractivity contribution in [1.29, 1.82) is 0 Å². The second kappa shape index (κ2) is 10.1. The van der Waals surface area contributed by atoms with E-state index in [2.05, 4.69) is 22.6 Å². The fourth-order valence-corrected chi connectivity index (χ4v) is 5.86. The maximum Gasteiger partial charge on any atom is 0.174 e. The molecule has 2 aliphatic carbocycles. The van der Waals surface area contributed by atoms with Crippen LogP contribution in [0.3, 0.4) is 0 Å². The third kappa shape index (κ3) is 4.62. The number of hydrogen-bond donors (Lipinski definition) is 0. The van der Waals surface area contributed by atoms with Gasteiger partial charge in [-0.15, -0.1) is 0 Å². The lowest BCUT2D eigenvalue weighted by atomic mass is 9.73. The van der Waals surface area contributed by atoms with E-state index in [9.17, 15) is 14.0 Å². The predicted molar refractivity (Wildman–Crippen MR) is 137 cm³/mol. The molecule has 0 saturated heterocycles.